The third kappa shape index (κ3) is 4.74. The molecule has 4 heterocycles. The third-order valence-corrected chi connectivity index (χ3v) is 7.80. The van der Waals surface area contributed by atoms with Gasteiger partial charge in [-0.2, -0.15) is 4.98 Å². The molecule has 1 amide bonds. The lowest BCUT2D eigenvalue weighted by Crippen LogP contribution is -2.51. The number of nitrogens with one attached hydrogen (secondary N) is 2. The number of ether oxygens (including phenoxy) is 1. The van der Waals surface area contributed by atoms with Crippen molar-refractivity contribution in [2.75, 3.05) is 32.5 Å². The summed E-state index contributed by atoms with van der Waals surface area (Å²) in [6.45, 7) is 5.51. The zero-order valence-electron chi connectivity index (χ0n) is 23.5. The number of rotatable bonds is 5. The average Bonchev–Trinajstić information content (AvgIpc) is 3.49. The number of fused-ring (bicyclic) bond motifs is 2. The second kappa shape index (κ2) is 10.1. The van der Waals surface area contributed by atoms with Gasteiger partial charge >= 0.3 is 0 Å². The molecule has 10 heteroatoms. The van der Waals surface area contributed by atoms with Crippen LogP contribution in [0.15, 0.2) is 65.6 Å². The lowest BCUT2D eigenvalue weighted by atomic mass is 9.87. The molecule has 2 aromatic carbocycles. The van der Waals surface area contributed by atoms with E-state index in [0.717, 1.165) is 25.2 Å². The fraction of sp³-hybridized carbons (Fsp3) is 0.323. The zero-order chi connectivity index (χ0) is 28.9. The lowest BCUT2D eigenvalue weighted by molar-refractivity contribution is 0.0302. The summed E-state index contributed by atoms with van der Waals surface area (Å²) in [5, 5.41) is 7.06. The zero-order valence-corrected chi connectivity index (χ0v) is 23.5. The van der Waals surface area contributed by atoms with Gasteiger partial charge in [0.2, 0.25) is 5.95 Å². The number of carbonyl (C=O) groups is 2. The minimum atomic E-state index is -1.12. The van der Waals surface area contributed by atoms with Gasteiger partial charge in [0.15, 0.2) is 5.78 Å². The molecule has 0 spiro atoms. The van der Waals surface area contributed by atoms with Gasteiger partial charge < -0.3 is 20.3 Å². The molecule has 4 aromatic rings. The topological polar surface area (TPSA) is 118 Å². The highest BCUT2D eigenvalue weighted by Crippen LogP contribution is 2.40. The van der Waals surface area contributed by atoms with Crippen molar-refractivity contribution in [1.82, 2.24) is 24.8 Å². The molecule has 1 saturated heterocycles. The molecular weight excluding hydrogens is 520 g/mol. The normalized spacial score (nSPS) is 19.5. The standard InChI is InChI=1S/C31H32N6O4/c1-31(2)26(25(38)22-7-5-6-8-24(22)41-31)37-27-20(15-23(29(37)40)28(39)36(3)4)17-33-30(35-27)34-21-11-9-18(10-12-21)19-13-14-32-16-19/h5-12,15,17,19,26,32H,13-14,16H2,1-4H3,(H,33,34,35). The molecule has 6 rings (SSSR count). The number of ketones is 1. The van der Waals surface area contributed by atoms with E-state index in [1.54, 1.807) is 58.4 Å². The van der Waals surface area contributed by atoms with Gasteiger partial charge in [0.05, 0.1) is 5.56 Å². The second-order valence-corrected chi connectivity index (χ2v) is 11.3. The Bertz CT molecular complexity index is 1720. The van der Waals surface area contributed by atoms with Crippen LogP contribution in [-0.4, -0.2) is 63.9 Å². The van der Waals surface area contributed by atoms with Gasteiger partial charge in [0.1, 0.15) is 28.6 Å². The number of Topliss-reactive ketones (excluding diaryl/α,β-unsaturated/α-hetero) is 1. The van der Waals surface area contributed by atoms with Gasteiger partial charge in [0, 0.05) is 37.9 Å². The number of pyridine rings is 1. The molecule has 2 aromatic heterocycles. The van der Waals surface area contributed by atoms with Gasteiger partial charge in [-0.15, -0.1) is 0 Å². The summed E-state index contributed by atoms with van der Waals surface area (Å²) in [4.78, 5) is 51.5. The highest BCUT2D eigenvalue weighted by molar-refractivity contribution is 6.04. The Hall–Kier alpha value is -4.57. The number of carbonyl (C=O) groups excluding carboxylic acids is 2. The van der Waals surface area contributed by atoms with E-state index in [0.29, 0.717) is 22.6 Å². The molecule has 2 aliphatic rings. The number of hydrogen-bond donors (Lipinski definition) is 2. The number of anilines is 2. The minimum absolute atomic E-state index is 0.0775. The van der Waals surface area contributed by atoms with Crippen molar-refractivity contribution in [3.63, 3.8) is 0 Å². The first-order valence-corrected chi connectivity index (χ1v) is 13.7. The van der Waals surface area contributed by atoms with Crippen LogP contribution < -0.4 is 20.9 Å². The molecule has 2 N–H and O–H groups in total. The van der Waals surface area contributed by atoms with E-state index < -0.39 is 23.1 Å². The van der Waals surface area contributed by atoms with Crippen LogP contribution in [-0.2, 0) is 0 Å². The molecule has 0 saturated carbocycles. The van der Waals surface area contributed by atoms with Crippen LogP contribution >= 0.6 is 0 Å². The quantitative estimate of drug-likeness (QED) is 0.383. The van der Waals surface area contributed by atoms with Crippen LogP contribution in [0.5, 0.6) is 5.75 Å². The Morgan fingerprint density at radius 2 is 1.88 bits per heavy atom. The SMILES string of the molecule is CN(C)C(=O)c1cc2cnc(Nc3ccc(C4CCNC4)cc3)nc2n(C2C(=O)c3ccccc3OC2(C)C)c1=O. The summed E-state index contributed by atoms with van der Waals surface area (Å²) in [7, 11) is 3.15. The Balaban J connectivity index is 1.47. The number of aromatic nitrogens is 3. The average molecular weight is 553 g/mol. The lowest BCUT2D eigenvalue weighted by Gasteiger charge is -2.39. The van der Waals surface area contributed by atoms with E-state index in [-0.39, 0.29) is 22.9 Å². The summed E-state index contributed by atoms with van der Waals surface area (Å²) in [6, 6.07) is 15.5. The van der Waals surface area contributed by atoms with E-state index in [2.05, 4.69) is 27.8 Å². The number of benzene rings is 2. The van der Waals surface area contributed by atoms with Gasteiger partial charge in [0.25, 0.3) is 11.5 Å². The Morgan fingerprint density at radius 1 is 1.12 bits per heavy atom. The van der Waals surface area contributed by atoms with E-state index in [1.807, 2.05) is 12.1 Å². The van der Waals surface area contributed by atoms with Crippen molar-refractivity contribution in [2.24, 2.45) is 0 Å². The number of amides is 1. The smallest absolute Gasteiger partial charge is 0.265 e. The van der Waals surface area contributed by atoms with Gasteiger partial charge in [-0.05, 0) is 68.6 Å². The first kappa shape index (κ1) is 26.6. The van der Waals surface area contributed by atoms with Crippen LogP contribution in [0.25, 0.3) is 11.0 Å². The molecule has 10 nitrogen and oxygen atoms in total. The van der Waals surface area contributed by atoms with Crippen molar-refractivity contribution < 1.29 is 14.3 Å². The minimum Gasteiger partial charge on any atom is -0.484 e. The first-order valence-electron chi connectivity index (χ1n) is 13.7. The molecular formula is C31H32N6O4. The maximum absolute atomic E-state index is 14.0. The third-order valence-electron chi connectivity index (χ3n) is 7.80. The summed E-state index contributed by atoms with van der Waals surface area (Å²) in [6.07, 6.45) is 2.67. The largest absolute Gasteiger partial charge is 0.484 e. The van der Waals surface area contributed by atoms with Crippen LogP contribution in [0.3, 0.4) is 0 Å². The summed E-state index contributed by atoms with van der Waals surface area (Å²) in [5.41, 5.74) is 0.836. The van der Waals surface area contributed by atoms with Crippen molar-refractivity contribution in [1.29, 1.82) is 0 Å². The van der Waals surface area contributed by atoms with Crippen LogP contribution in [0, 0.1) is 0 Å². The molecule has 0 radical (unpaired) electrons. The molecule has 2 unspecified atom stereocenters. The van der Waals surface area contributed by atoms with Crippen molar-refractivity contribution in [3.05, 3.63) is 87.8 Å². The van der Waals surface area contributed by atoms with Gasteiger partial charge in [-0.3, -0.25) is 19.0 Å². The Labute approximate surface area is 237 Å². The van der Waals surface area contributed by atoms with Crippen molar-refractivity contribution in [2.45, 2.75) is 37.8 Å². The second-order valence-electron chi connectivity index (χ2n) is 11.3. The predicted molar refractivity (Wildman–Crippen MR) is 156 cm³/mol. The van der Waals surface area contributed by atoms with E-state index >= 15 is 0 Å². The summed E-state index contributed by atoms with van der Waals surface area (Å²) in [5.74, 6) is 0.436. The number of nitrogens with zero attached hydrogens (tertiary/aromatic N) is 4. The highest BCUT2D eigenvalue weighted by Gasteiger charge is 2.46. The molecule has 2 atom stereocenters. The van der Waals surface area contributed by atoms with E-state index in [9.17, 15) is 14.4 Å². The predicted octanol–water partition coefficient (Wildman–Crippen LogP) is 3.91. The highest BCUT2D eigenvalue weighted by atomic mass is 16.5. The molecule has 1 fully saturated rings. The monoisotopic (exact) mass is 552 g/mol. The maximum atomic E-state index is 14.0. The number of para-hydroxylation sites is 1. The number of hydrogen-bond acceptors (Lipinski definition) is 8. The van der Waals surface area contributed by atoms with Crippen LogP contribution in [0.4, 0.5) is 11.6 Å². The summed E-state index contributed by atoms with van der Waals surface area (Å²) < 4.78 is 7.55. The summed E-state index contributed by atoms with van der Waals surface area (Å²) >= 11 is 0. The molecule has 0 aliphatic carbocycles. The molecule has 210 valence electrons. The van der Waals surface area contributed by atoms with Gasteiger partial charge in [-0.1, -0.05) is 24.3 Å². The Kier molecular flexibility index (Phi) is 6.57. The molecule has 0 bridgehead atoms. The van der Waals surface area contributed by atoms with Crippen molar-refractivity contribution >= 4 is 34.4 Å². The van der Waals surface area contributed by atoms with Gasteiger partial charge in [-0.25, -0.2) is 4.98 Å². The Morgan fingerprint density at radius 3 is 2.59 bits per heavy atom. The van der Waals surface area contributed by atoms with Crippen molar-refractivity contribution in [3.8, 4) is 5.75 Å². The molecule has 41 heavy (non-hydrogen) atoms. The first-order chi connectivity index (χ1) is 19.6. The molecule has 2 aliphatic heterocycles. The maximum Gasteiger partial charge on any atom is 0.265 e. The fourth-order valence-corrected chi connectivity index (χ4v) is 5.71. The fourth-order valence-electron chi connectivity index (χ4n) is 5.71. The van der Waals surface area contributed by atoms with Crippen LogP contribution in [0.1, 0.15) is 58.5 Å². The van der Waals surface area contributed by atoms with E-state index in [4.69, 9.17) is 9.72 Å². The van der Waals surface area contributed by atoms with E-state index in [1.165, 1.54) is 21.1 Å². The van der Waals surface area contributed by atoms with Crippen LogP contribution in [0.2, 0.25) is 0 Å².